The zero-order valence-electron chi connectivity index (χ0n) is 21.0. The van der Waals surface area contributed by atoms with Crippen LogP contribution < -0.4 is 4.90 Å². The average molecular weight is 492 g/mol. The molecule has 1 amide bonds. The van der Waals surface area contributed by atoms with Gasteiger partial charge >= 0.3 is 0 Å². The fourth-order valence-electron chi connectivity index (χ4n) is 4.93. The third kappa shape index (κ3) is 4.96. The number of nitro benzene ring substituents is 1. The van der Waals surface area contributed by atoms with Crippen molar-refractivity contribution >= 4 is 17.3 Å². The van der Waals surface area contributed by atoms with Gasteiger partial charge in [0.05, 0.1) is 16.2 Å². The first kappa shape index (κ1) is 24.3. The summed E-state index contributed by atoms with van der Waals surface area (Å²) in [6.45, 7) is 5.24. The lowest BCUT2D eigenvalue weighted by atomic mass is 9.96. The number of amides is 1. The Kier molecular flexibility index (Phi) is 6.73. The molecule has 1 aliphatic heterocycles. The molecule has 6 nitrogen and oxygen atoms in total. The van der Waals surface area contributed by atoms with Gasteiger partial charge < -0.3 is 9.80 Å². The van der Waals surface area contributed by atoms with Crippen molar-refractivity contribution in [2.45, 2.75) is 39.0 Å². The number of benzene rings is 4. The van der Waals surface area contributed by atoms with Gasteiger partial charge in [-0.2, -0.15) is 0 Å². The molecule has 0 spiro atoms. The molecule has 4 aromatic carbocycles. The Hall–Kier alpha value is -4.45. The summed E-state index contributed by atoms with van der Waals surface area (Å²) in [6, 6.07) is 33.0. The van der Waals surface area contributed by atoms with Gasteiger partial charge in [-0.15, -0.1) is 0 Å². The van der Waals surface area contributed by atoms with Gasteiger partial charge in [0.2, 0.25) is 0 Å². The first-order valence-electron chi connectivity index (χ1n) is 12.5. The van der Waals surface area contributed by atoms with Crippen LogP contribution in [0.25, 0.3) is 0 Å². The maximum Gasteiger partial charge on any atom is 0.270 e. The molecule has 0 fully saturated rings. The van der Waals surface area contributed by atoms with Crippen LogP contribution in [0.3, 0.4) is 0 Å². The number of carbonyl (C=O) groups is 1. The number of nitro groups is 1. The number of anilines is 1. The average Bonchev–Trinajstić information content (AvgIpc) is 2.92. The van der Waals surface area contributed by atoms with E-state index < -0.39 is 4.92 Å². The van der Waals surface area contributed by atoms with E-state index in [-0.39, 0.29) is 17.8 Å². The van der Waals surface area contributed by atoms with Crippen LogP contribution >= 0.6 is 0 Å². The van der Waals surface area contributed by atoms with Gasteiger partial charge in [-0.1, -0.05) is 98.8 Å². The molecule has 37 heavy (non-hydrogen) atoms. The quantitative estimate of drug-likeness (QED) is 0.205. The molecule has 1 aliphatic rings. The molecule has 6 heteroatoms. The number of nitrogens with zero attached hydrogens (tertiary/aromatic N) is 3. The largest absolute Gasteiger partial charge is 0.342 e. The fourth-order valence-corrected chi connectivity index (χ4v) is 4.93. The molecule has 4 aromatic rings. The Bertz CT molecular complexity index is 1400. The third-order valence-electron chi connectivity index (χ3n) is 6.87. The lowest BCUT2D eigenvalue weighted by Gasteiger charge is -2.46. The summed E-state index contributed by atoms with van der Waals surface area (Å²) in [6.07, 6.45) is -0.386. The Morgan fingerprint density at radius 2 is 1.35 bits per heavy atom. The van der Waals surface area contributed by atoms with Gasteiger partial charge in [-0.05, 0) is 34.2 Å². The molecule has 1 heterocycles. The van der Waals surface area contributed by atoms with Crippen LogP contribution in [-0.4, -0.2) is 15.7 Å². The summed E-state index contributed by atoms with van der Waals surface area (Å²) in [7, 11) is 0. The van der Waals surface area contributed by atoms with E-state index in [1.165, 1.54) is 17.7 Å². The van der Waals surface area contributed by atoms with Crippen molar-refractivity contribution in [2.24, 2.45) is 0 Å². The van der Waals surface area contributed by atoms with Crippen molar-refractivity contribution in [3.05, 3.63) is 141 Å². The number of rotatable bonds is 7. The molecule has 0 saturated carbocycles. The monoisotopic (exact) mass is 491 g/mol. The minimum Gasteiger partial charge on any atom is -0.342 e. The summed E-state index contributed by atoms with van der Waals surface area (Å²) in [5, 5.41) is 11.6. The topological polar surface area (TPSA) is 66.7 Å². The second kappa shape index (κ2) is 10.3. The summed E-state index contributed by atoms with van der Waals surface area (Å²) in [4.78, 5) is 29.2. The number of hydrogen-bond donors (Lipinski definition) is 0. The summed E-state index contributed by atoms with van der Waals surface area (Å²) in [5.74, 6) is 0.175. The van der Waals surface area contributed by atoms with Crippen LogP contribution in [0.4, 0.5) is 11.4 Å². The Balaban J connectivity index is 1.68. The Morgan fingerprint density at radius 3 is 1.89 bits per heavy atom. The van der Waals surface area contributed by atoms with E-state index in [4.69, 9.17) is 0 Å². The second-order valence-electron chi connectivity index (χ2n) is 9.69. The van der Waals surface area contributed by atoms with Crippen molar-refractivity contribution in [1.82, 2.24) is 4.90 Å². The minimum absolute atomic E-state index is 0.0915. The molecule has 0 aliphatic carbocycles. The molecule has 186 valence electrons. The van der Waals surface area contributed by atoms with Crippen molar-refractivity contribution in [3.8, 4) is 0 Å². The number of carbonyl (C=O) groups excluding carboxylic acids is 1. The van der Waals surface area contributed by atoms with Crippen LogP contribution in [0.1, 0.15) is 58.5 Å². The Labute approximate surface area is 216 Å². The van der Waals surface area contributed by atoms with Crippen LogP contribution in [-0.2, 0) is 13.1 Å². The number of non-ortho nitro benzene ring substituents is 1. The first-order chi connectivity index (χ1) is 17.9. The highest BCUT2D eigenvalue weighted by atomic mass is 16.6. The molecule has 0 unspecified atom stereocenters. The zero-order chi connectivity index (χ0) is 25.9. The SMILES string of the molecule is CC(C)c1ccc([C@@H]2N(Cc3ccccc3)C(=O)c3cc([N+](=O)[O-])ccc3N2Cc2ccccc2)cc1. The van der Waals surface area contributed by atoms with E-state index >= 15 is 0 Å². The molecule has 5 rings (SSSR count). The molecule has 0 N–H and O–H groups in total. The number of fused-ring (bicyclic) bond motifs is 1. The van der Waals surface area contributed by atoms with E-state index in [1.807, 2.05) is 53.4 Å². The van der Waals surface area contributed by atoms with Crippen molar-refractivity contribution in [3.63, 3.8) is 0 Å². The summed E-state index contributed by atoms with van der Waals surface area (Å²) in [5.41, 5.74) is 5.25. The minimum atomic E-state index is -0.451. The van der Waals surface area contributed by atoms with Gasteiger partial charge in [0, 0.05) is 25.2 Å². The van der Waals surface area contributed by atoms with Gasteiger partial charge in [-0.25, -0.2) is 0 Å². The lowest BCUT2D eigenvalue weighted by molar-refractivity contribution is -0.384. The molecule has 1 atom stereocenters. The van der Waals surface area contributed by atoms with Gasteiger partial charge in [0.1, 0.15) is 6.17 Å². The summed E-state index contributed by atoms with van der Waals surface area (Å²) < 4.78 is 0. The second-order valence-corrected chi connectivity index (χ2v) is 9.69. The van der Waals surface area contributed by atoms with Gasteiger partial charge in [0.25, 0.3) is 11.6 Å². The smallest absolute Gasteiger partial charge is 0.270 e. The Morgan fingerprint density at radius 1 is 0.784 bits per heavy atom. The number of hydrogen-bond acceptors (Lipinski definition) is 4. The molecule has 0 radical (unpaired) electrons. The lowest BCUT2D eigenvalue weighted by Crippen LogP contribution is -2.48. The van der Waals surface area contributed by atoms with Crippen LogP contribution in [0.15, 0.2) is 103 Å². The van der Waals surface area contributed by atoms with E-state index in [0.29, 0.717) is 30.3 Å². The highest BCUT2D eigenvalue weighted by Crippen LogP contribution is 2.42. The highest BCUT2D eigenvalue weighted by Gasteiger charge is 2.39. The molecule has 0 saturated heterocycles. The normalized spacial score (nSPS) is 15.1. The van der Waals surface area contributed by atoms with Crippen LogP contribution in [0.5, 0.6) is 0 Å². The van der Waals surface area contributed by atoms with Crippen molar-refractivity contribution in [2.75, 3.05) is 4.90 Å². The van der Waals surface area contributed by atoms with E-state index in [2.05, 4.69) is 55.1 Å². The molecular weight excluding hydrogens is 462 g/mol. The van der Waals surface area contributed by atoms with E-state index in [1.54, 1.807) is 6.07 Å². The van der Waals surface area contributed by atoms with E-state index in [0.717, 1.165) is 16.7 Å². The zero-order valence-corrected chi connectivity index (χ0v) is 21.0. The van der Waals surface area contributed by atoms with Gasteiger partial charge in [0.15, 0.2) is 0 Å². The van der Waals surface area contributed by atoms with E-state index in [9.17, 15) is 14.9 Å². The predicted octanol–water partition coefficient (Wildman–Crippen LogP) is 7.08. The highest BCUT2D eigenvalue weighted by molar-refractivity contribution is 6.02. The maximum atomic E-state index is 14.0. The van der Waals surface area contributed by atoms with Crippen molar-refractivity contribution in [1.29, 1.82) is 0 Å². The molecule has 0 bridgehead atoms. The first-order valence-corrected chi connectivity index (χ1v) is 12.5. The third-order valence-corrected chi connectivity index (χ3v) is 6.87. The maximum absolute atomic E-state index is 14.0. The molecular formula is C31H29N3O3. The summed E-state index contributed by atoms with van der Waals surface area (Å²) >= 11 is 0. The fraction of sp³-hybridized carbons (Fsp3) is 0.194. The standard InChI is InChI=1S/C31H29N3O3/c1-22(2)25-13-15-26(16-14-25)30-32(20-23-9-5-3-6-10-23)29-18-17-27(34(36)37)19-28(29)31(35)33(30)21-24-11-7-4-8-12-24/h3-19,22,30H,20-21H2,1-2H3/t30-/m0/s1. The van der Waals surface area contributed by atoms with Crippen LogP contribution in [0, 0.1) is 10.1 Å². The predicted molar refractivity (Wildman–Crippen MR) is 145 cm³/mol. The molecule has 0 aromatic heterocycles. The van der Waals surface area contributed by atoms with Crippen LogP contribution in [0.2, 0.25) is 0 Å². The van der Waals surface area contributed by atoms with Crippen molar-refractivity contribution < 1.29 is 9.72 Å². The van der Waals surface area contributed by atoms with Gasteiger partial charge in [-0.3, -0.25) is 14.9 Å².